The maximum Gasteiger partial charge on any atom is 0.141 e. The van der Waals surface area contributed by atoms with Gasteiger partial charge in [0.05, 0.1) is 17.9 Å². The molecule has 3 aromatic rings. The van der Waals surface area contributed by atoms with E-state index in [1.165, 1.54) is 5.56 Å². The van der Waals surface area contributed by atoms with E-state index in [1.54, 1.807) is 6.07 Å². The van der Waals surface area contributed by atoms with Gasteiger partial charge in [0.15, 0.2) is 0 Å². The quantitative estimate of drug-likeness (QED) is 0.579. The Morgan fingerprint density at radius 2 is 2.05 bits per heavy atom. The number of halogens is 1. The number of fused-ring (bicyclic) bond motifs is 5. The Labute approximate surface area is 135 Å². The van der Waals surface area contributed by atoms with Gasteiger partial charge in [-0.2, -0.15) is 0 Å². The van der Waals surface area contributed by atoms with Crippen molar-refractivity contribution in [3.8, 4) is 11.4 Å². The van der Waals surface area contributed by atoms with Gasteiger partial charge in [-0.3, -0.25) is 0 Å². The number of nitrogens with one attached hydrogen (secondary N) is 2. The molecule has 22 heavy (non-hydrogen) atoms. The average molecular weight is 357 g/mol. The fourth-order valence-corrected chi connectivity index (χ4v) is 4.06. The number of hydrogen-bond acceptors (Lipinski definition) is 4. The third kappa shape index (κ3) is 1.44. The van der Waals surface area contributed by atoms with Crippen molar-refractivity contribution in [1.82, 2.24) is 15.4 Å². The second-order valence-corrected chi connectivity index (χ2v) is 6.44. The zero-order chi connectivity index (χ0) is 14.8. The lowest BCUT2D eigenvalue weighted by Gasteiger charge is -2.25. The molecule has 0 amide bonds. The number of rotatable bonds is 0. The summed E-state index contributed by atoms with van der Waals surface area (Å²) in [7, 11) is 0. The summed E-state index contributed by atoms with van der Waals surface area (Å²) in [6.07, 6.45) is 2.06. The van der Waals surface area contributed by atoms with Gasteiger partial charge in [0.1, 0.15) is 17.6 Å². The van der Waals surface area contributed by atoms with Crippen LogP contribution in [0.25, 0.3) is 16.6 Å². The molecule has 0 aliphatic carbocycles. The highest BCUT2D eigenvalue weighted by Crippen LogP contribution is 2.45. The van der Waals surface area contributed by atoms with Crippen LogP contribution in [-0.4, -0.2) is 16.3 Å². The molecule has 0 spiro atoms. The molecule has 1 atom stereocenters. The molecule has 2 aromatic carbocycles. The van der Waals surface area contributed by atoms with Crippen molar-refractivity contribution in [1.29, 1.82) is 0 Å². The zero-order valence-corrected chi connectivity index (χ0v) is 13.1. The van der Waals surface area contributed by atoms with Crippen molar-refractivity contribution in [2.75, 3.05) is 11.6 Å². The minimum Gasteiger partial charge on any atom is -0.506 e. The van der Waals surface area contributed by atoms with E-state index in [1.807, 2.05) is 18.3 Å². The van der Waals surface area contributed by atoms with Gasteiger partial charge in [-0.1, -0.05) is 24.3 Å². The lowest BCUT2D eigenvalue weighted by molar-refractivity contribution is 0.472. The number of nitrogens with zero attached hydrogens (tertiary/aromatic N) is 2. The molecule has 5 nitrogen and oxygen atoms in total. The second-order valence-electron chi connectivity index (χ2n) is 5.59. The van der Waals surface area contributed by atoms with E-state index in [9.17, 15) is 5.11 Å². The Morgan fingerprint density at radius 1 is 1.18 bits per heavy atom. The van der Waals surface area contributed by atoms with Gasteiger partial charge in [0.25, 0.3) is 0 Å². The Hall–Kier alpha value is -2.02. The number of para-hydroxylation sites is 2. The van der Waals surface area contributed by atoms with Gasteiger partial charge in [0.2, 0.25) is 0 Å². The number of anilines is 1. The molecule has 2 aliphatic rings. The standard InChI is InChI=1S/C16H13BrN4O/c17-11-7-20-14-9(11)3-1-4-10(14)16-19-18-8-21(16)12-5-2-6-13(22)15(12)20/h1-7,16,18-19,22H,8H2. The van der Waals surface area contributed by atoms with Gasteiger partial charge in [0, 0.05) is 21.6 Å². The van der Waals surface area contributed by atoms with E-state index in [-0.39, 0.29) is 11.9 Å². The van der Waals surface area contributed by atoms with Crippen LogP contribution < -0.4 is 15.8 Å². The minimum absolute atomic E-state index is 0.0345. The number of aromatic nitrogens is 1. The lowest BCUT2D eigenvalue weighted by Crippen LogP contribution is -2.27. The van der Waals surface area contributed by atoms with Crippen LogP contribution in [0.5, 0.6) is 5.75 Å². The molecule has 110 valence electrons. The molecular formula is C16H13BrN4O. The first-order valence-electron chi connectivity index (χ1n) is 7.12. The molecule has 5 rings (SSSR count). The highest BCUT2D eigenvalue weighted by Gasteiger charge is 2.34. The molecule has 1 fully saturated rings. The number of aromatic hydroxyl groups is 1. The minimum atomic E-state index is 0.0345. The molecule has 6 heteroatoms. The van der Waals surface area contributed by atoms with Gasteiger partial charge < -0.3 is 14.6 Å². The maximum atomic E-state index is 10.5. The molecule has 1 saturated heterocycles. The van der Waals surface area contributed by atoms with Gasteiger partial charge in [-0.05, 0) is 28.1 Å². The first kappa shape index (κ1) is 12.5. The summed E-state index contributed by atoms with van der Waals surface area (Å²) in [4.78, 5) is 2.23. The molecule has 0 saturated carbocycles. The van der Waals surface area contributed by atoms with Crippen molar-refractivity contribution in [2.45, 2.75) is 6.17 Å². The Kier molecular flexibility index (Phi) is 2.42. The van der Waals surface area contributed by atoms with Crippen molar-refractivity contribution >= 4 is 32.5 Å². The van der Waals surface area contributed by atoms with Crippen molar-refractivity contribution in [3.63, 3.8) is 0 Å². The van der Waals surface area contributed by atoms with Crippen molar-refractivity contribution in [2.24, 2.45) is 0 Å². The number of benzene rings is 2. The molecule has 2 aliphatic heterocycles. The van der Waals surface area contributed by atoms with E-state index < -0.39 is 0 Å². The summed E-state index contributed by atoms with van der Waals surface area (Å²) in [5, 5.41) is 11.6. The Bertz CT molecular complexity index is 920. The van der Waals surface area contributed by atoms with E-state index >= 15 is 0 Å². The average Bonchev–Trinajstić information content (AvgIpc) is 3.10. The number of hydrazine groups is 1. The summed E-state index contributed by atoms with van der Waals surface area (Å²) in [5.74, 6) is 0.282. The van der Waals surface area contributed by atoms with Crippen LogP contribution >= 0.6 is 15.9 Å². The highest BCUT2D eigenvalue weighted by molar-refractivity contribution is 9.10. The summed E-state index contributed by atoms with van der Waals surface area (Å²) >= 11 is 3.64. The summed E-state index contributed by atoms with van der Waals surface area (Å²) in [6, 6.07) is 12.0. The van der Waals surface area contributed by atoms with Crippen LogP contribution in [0.2, 0.25) is 0 Å². The van der Waals surface area contributed by atoms with Gasteiger partial charge >= 0.3 is 0 Å². The highest BCUT2D eigenvalue weighted by atomic mass is 79.9. The molecule has 3 heterocycles. The Balaban J connectivity index is 1.99. The number of phenolic OH excluding ortho intramolecular Hbond substituents is 1. The van der Waals surface area contributed by atoms with Crippen molar-refractivity contribution in [3.05, 3.63) is 52.6 Å². The second kappa shape index (κ2) is 4.25. The summed E-state index contributed by atoms with van der Waals surface area (Å²) < 4.78 is 3.11. The molecule has 0 bridgehead atoms. The van der Waals surface area contributed by atoms with Crippen LogP contribution in [0.3, 0.4) is 0 Å². The monoisotopic (exact) mass is 356 g/mol. The fraction of sp³-hybridized carbons (Fsp3) is 0.125. The smallest absolute Gasteiger partial charge is 0.141 e. The third-order valence-corrected chi connectivity index (χ3v) is 5.08. The van der Waals surface area contributed by atoms with Crippen LogP contribution in [0.15, 0.2) is 47.1 Å². The van der Waals surface area contributed by atoms with E-state index in [4.69, 9.17) is 0 Å². The fourth-order valence-electron chi connectivity index (χ4n) is 3.53. The molecule has 1 unspecified atom stereocenters. The lowest BCUT2D eigenvalue weighted by atomic mass is 10.1. The van der Waals surface area contributed by atoms with Crippen LogP contribution in [-0.2, 0) is 0 Å². The largest absolute Gasteiger partial charge is 0.506 e. The predicted molar refractivity (Wildman–Crippen MR) is 89.0 cm³/mol. The molecule has 3 N–H and O–H groups in total. The van der Waals surface area contributed by atoms with Crippen LogP contribution in [0.4, 0.5) is 5.69 Å². The molecule has 0 radical (unpaired) electrons. The SMILES string of the molecule is Oc1cccc2c1-n1cc(Br)c3cccc(c31)C1NNCN21. The third-order valence-electron chi connectivity index (χ3n) is 4.45. The summed E-state index contributed by atoms with van der Waals surface area (Å²) in [6.45, 7) is 0.684. The number of phenols is 1. The first-order valence-corrected chi connectivity index (χ1v) is 7.92. The van der Waals surface area contributed by atoms with Gasteiger partial charge in [-0.15, -0.1) is 0 Å². The Morgan fingerprint density at radius 3 is 2.95 bits per heavy atom. The number of hydrogen-bond donors (Lipinski definition) is 3. The van der Waals surface area contributed by atoms with E-state index in [2.05, 4.69) is 54.4 Å². The van der Waals surface area contributed by atoms with E-state index in [0.29, 0.717) is 6.67 Å². The predicted octanol–water partition coefficient (Wildman–Crippen LogP) is 2.98. The van der Waals surface area contributed by atoms with Gasteiger partial charge in [-0.25, -0.2) is 10.9 Å². The molecular weight excluding hydrogens is 344 g/mol. The normalized spacial score (nSPS) is 19.1. The van der Waals surface area contributed by atoms with E-state index in [0.717, 1.165) is 26.8 Å². The zero-order valence-electron chi connectivity index (χ0n) is 11.5. The van der Waals surface area contributed by atoms with Crippen LogP contribution in [0, 0.1) is 0 Å². The first-order chi connectivity index (χ1) is 10.8. The topological polar surface area (TPSA) is 52.5 Å². The maximum absolute atomic E-state index is 10.5. The van der Waals surface area contributed by atoms with Crippen molar-refractivity contribution < 1.29 is 5.11 Å². The molecule has 1 aromatic heterocycles. The van der Waals surface area contributed by atoms with Crippen LogP contribution in [0.1, 0.15) is 11.7 Å². The summed E-state index contributed by atoms with van der Waals surface area (Å²) in [5.41, 5.74) is 10.7.